The van der Waals surface area contributed by atoms with Gasteiger partial charge in [-0.05, 0) is 56.3 Å². The average molecular weight is 473 g/mol. The van der Waals surface area contributed by atoms with Gasteiger partial charge < -0.3 is 18.9 Å². The first-order valence-corrected chi connectivity index (χ1v) is 13.3. The van der Waals surface area contributed by atoms with Crippen LogP contribution in [0.25, 0.3) is 0 Å². The third-order valence-electron chi connectivity index (χ3n) is 6.88. The summed E-state index contributed by atoms with van der Waals surface area (Å²) in [5, 5.41) is 0. The second kappa shape index (κ2) is 20.0. The molecular formula is C27H52O6. The van der Waals surface area contributed by atoms with Crippen LogP contribution in [0.5, 0.6) is 0 Å². The van der Waals surface area contributed by atoms with E-state index in [1.54, 1.807) is 0 Å². The maximum absolute atomic E-state index is 11.9. The molecule has 3 atom stereocenters. The van der Waals surface area contributed by atoms with Crippen LogP contribution in [0, 0.1) is 11.3 Å². The molecule has 0 aromatic heterocycles. The predicted molar refractivity (Wildman–Crippen MR) is 134 cm³/mol. The molecule has 0 saturated carbocycles. The fourth-order valence-electron chi connectivity index (χ4n) is 4.77. The summed E-state index contributed by atoms with van der Waals surface area (Å²) < 4.78 is 19.9. The Morgan fingerprint density at radius 1 is 0.758 bits per heavy atom. The van der Waals surface area contributed by atoms with Gasteiger partial charge in [0.25, 0.3) is 0 Å². The summed E-state index contributed by atoms with van der Waals surface area (Å²) in [6.07, 6.45) is 15.4. The zero-order chi connectivity index (χ0) is 25.0. The summed E-state index contributed by atoms with van der Waals surface area (Å²) in [6.45, 7) is 9.49. The summed E-state index contributed by atoms with van der Waals surface area (Å²) in [4.78, 5) is 22.8. The SMILES string of the molecule is CCCCC(CC)(CCC)CC(CCCCCC(C)CCCCOC(=O)OC)OC(=O)OC. The van der Waals surface area contributed by atoms with Crippen molar-refractivity contribution in [1.29, 1.82) is 0 Å². The van der Waals surface area contributed by atoms with Crippen LogP contribution in [-0.2, 0) is 18.9 Å². The molecule has 0 aliphatic carbocycles. The number of methoxy groups -OCH3 is 2. The number of carbonyl (C=O) groups excluding carboxylic acids is 2. The van der Waals surface area contributed by atoms with Gasteiger partial charge in [0.2, 0.25) is 0 Å². The average Bonchev–Trinajstić information content (AvgIpc) is 2.81. The highest BCUT2D eigenvalue weighted by atomic mass is 16.7. The maximum Gasteiger partial charge on any atom is 0.508 e. The normalized spacial score (nSPS) is 14.7. The zero-order valence-corrected chi connectivity index (χ0v) is 22.4. The fourth-order valence-corrected chi connectivity index (χ4v) is 4.77. The topological polar surface area (TPSA) is 71.1 Å². The Labute approximate surface area is 203 Å². The zero-order valence-electron chi connectivity index (χ0n) is 22.4. The molecule has 0 rings (SSSR count). The lowest BCUT2D eigenvalue weighted by atomic mass is 9.72. The van der Waals surface area contributed by atoms with E-state index in [0.29, 0.717) is 12.5 Å². The Balaban J connectivity index is 4.40. The van der Waals surface area contributed by atoms with E-state index in [9.17, 15) is 9.59 Å². The van der Waals surface area contributed by atoms with Gasteiger partial charge >= 0.3 is 12.3 Å². The van der Waals surface area contributed by atoms with Crippen molar-refractivity contribution in [2.45, 2.75) is 130 Å². The molecule has 0 aromatic carbocycles. The number of ether oxygens (including phenoxy) is 4. The fraction of sp³-hybridized carbons (Fsp3) is 0.926. The van der Waals surface area contributed by atoms with Crippen LogP contribution >= 0.6 is 0 Å². The minimum atomic E-state index is -0.603. The van der Waals surface area contributed by atoms with Crippen LogP contribution in [0.2, 0.25) is 0 Å². The highest BCUT2D eigenvalue weighted by molar-refractivity contribution is 5.59. The van der Waals surface area contributed by atoms with E-state index in [4.69, 9.17) is 14.2 Å². The quantitative estimate of drug-likeness (QED) is 0.131. The molecule has 0 amide bonds. The molecule has 196 valence electrons. The van der Waals surface area contributed by atoms with Crippen molar-refractivity contribution in [2.24, 2.45) is 11.3 Å². The van der Waals surface area contributed by atoms with Gasteiger partial charge in [0.1, 0.15) is 6.10 Å². The minimum Gasteiger partial charge on any atom is -0.438 e. The Bertz CT molecular complexity index is 495. The van der Waals surface area contributed by atoms with E-state index in [1.165, 1.54) is 52.7 Å². The summed E-state index contributed by atoms with van der Waals surface area (Å²) >= 11 is 0. The summed E-state index contributed by atoms with van der Waals surface area (Å²) in [5.41, 5.74) is 0.259. The van der Waals surface area contributed by atoms with E-state index >= 15 is 0 Å². The van der Waals surface area contributed by atoms with Gasteiger partial charge in [0, 0.05) is 0 Å². The first-order chi connectivity index (χ1) is 15.9. The van der Waals surface area contributed by atoms with Gasteiger partial charge in [-0.1, -0.05) is 79.1 Å². The lowest BCUT2D eigenvalue weighted by Crippen LogP contribution is -2.29. The summed E-state index contributed by atoms with van der Waals surface area (Å²) in [7, 11) is 2.71. The molecular weight excluding hydrogens is 420 g/mol. The largest absolute Gasteiger partial charge is 0.508 e. The van der Waals surface area contributed by atoms with E-state index in [-0.39, 0.29) is 11.5 Å². The van der Waals surface area contributed by atoms with Gasteiger partial charge in [-0.2, -0.15) is 0 Å². The van der Waals surface area contributed by atoms with Crippen LogP contribution < -0.4 is 0 Å². The lowest BCUT2D eigenvalue weighted by molar-refractivity contribution is 0.00527. The van der Waals surface area contributed by atoms with Crippen LogP contribution in [-0.4, -0.2) is 39.2 Å². The Morgan fingerprint density at radius 2 is 1.39 bits per heavy atom. The number of hydrogen-bond acceptors (Lipinski definition) is 6. The lowest BCUT2D eigenvalue weighted by Gasteiger charge is -2.36. The predicted octanol–water partition coefficient (Wildman–Crippen LogP) is 8.45. The molecule has 0 aliphatic rings. The van der Waals surface area contributed by atoms with E-state index < -0.39 is 12.3 Å². The standard InChI is InChI=1S/C27H52O6/c1-7-10-20-27(9-3,19-8-2)22-24(33-26(29)31-6)18-13-11-12-16-23(4)17-14-15-21-32-25(28)30-5/h23-24H,7-22H2,1-6H3. The molecule has 0 spiro atoms. The Hall–Kier alpha value is -1.46. The summed E-state index contributed by atoms with van der Waals surface area (Å²) in [5.74, 6) is 0.664. The van der Waals surface area contributed by atoms with Crippen molar-refractivity contribution in [2.75, 3.05) is 20.8 Å². The number of hydrogen-bond donors (Lipinski definition) is 0. The van der Waals surface area contributed by atoms with Crippen molar-refractivity contribution in [3.63, 3.8) is 0 Å². The third-order valence-corrected chi connectivity index (χ3v) is 6.88. The number of carbonyl (C=O) groups is 2. The van der Waals surface area contributed by atoms with Crippen LogP contribution in [0.15, 0.2) is 0 Å². The minimum absolute atomic E-state index is 0.0620. The van der Waals surface area contributed by atoms with E-state index in [2.05, 4.69) is 32.4 Å². The number of rotatable bonds is 20. The Kier molecular flexibility index (Phi) is 19.1. The van der Waals surface area contributed by atoms with Crippen molar-refractivity contribution in [1.82, 2.24) is 0 Å². The molecule has 0 bridgehead atoms. The summed E-state index contributed by atoms with van der Waals surface area (Å²) in [6, 6.07) is 0. The first kappa shape index (κ1) is 31.5. The maximum atomic E-state index is 11.9. The van der Waals surface area contributed by atoms with E-state index in [1.807, 2.05) is 0 Å². The smallest absolute Gasteiger partial charge is 0.438 e. The molecule has 0 saturated heterocycles. The van der Waals surface area contributed by atoms with Crippen LogP contribution in [0.1, 0.15) is 124 Å². The van der Waals surface area contributed by atoms with Crippen molar-refractivity contribution < 1.29 is 28.5 Å². The van der Waals surface area contributed by atoms with Gasteiger partial charge in [0.05, 0.1) is 20.8 Å². The Morgan fingerprint density at radius 3 is 1.97 bits per heavy atom. The first-order valence-electron chi connectivity index (χ1n) is 13.3. The highest BCUT2D eigenvalue weighted by Crippen LogP contribution is 2.40. The molecule has 3 unspecified atom stereocenters. The molecule has 0 fully saturated rings. The van der Waals surface area contributed by atoms with Crippen molar-refractivity contribution in [3.8, 4) is 0 Å². The van der Waals surface area contributed by atoms with Crippen LogP contribution in [0.4, 0.5) is 9.59 Å². The second-order valence-corrected chi connectivity index (χ2v) is 9.65. The van der Waals surface area contributed by atoms with Crippen LogP contribution in [0.3, 0.4) is 0 Å². The molecule has 33 heavy (non-hydrogen) atoms. The van der Waals surface area contributed by atoms with Gasteiger partial charge in [-0.15, -0.1) is 0 Å². The highest BCUT2D eigenvalue weighted by Gasteiger charge is 2.31. The molecule has 0 N–H and O–H groups in total. The van der Waals surface area contributed by atoms with E-state index in [0.717, 1.165) is 57.8 Å². The van der Waals surface area contributed by atoms with Gasteiger partial charge in [-0.25, -0.2) is 9.59 Å². The van der Waals surface area contributed by atoms with Crippen molar-refractivity contribution in [3.05, 3.63) is 0 Å². The number of unbranched alkanes of at least 4 members (excludes halogenated alkanes) is 4. The van der Waals surface area contributed by atoms with Gasteiger partial charge in [0.15, 0.2) is 0 Å². The molecule has 6 nitrogen and oxygen atoms in total. The third kappa shape index (κ3) is 15.9. The molecule has 0 radical (unpaired) electrons. The molecule has 6 heteroatoms. The monoisotopic (exact) mass is 472 g/mol. The molecule has 0 aromatic rings. The molecule has 0 aliphatic heterocycles. The van der Waals surface area contributed by atoms with Crippen molar-refractivity contribution >= 4 is 12.3 Å². The van der Waals surface area contributed by atoms with Gasteiger partial charge in [-0.3, -0.25) is 0 Å². The second-order valence-electron chi connectivity index (χ2n) is 9.65. The molecule has 0 heterocycles.